The number of hydrogen-bond donors (Lipinski definition) is 2. The fourth-order valence-electron chi connectivity index (χ4n) is 4.79. The average Bonchev–Trinajstić information content (AvgIpc) is 2.84. The second-order valence-corrected chi connectivity index (χ2v) is 11.2. The van der Waals surface area contributed by atoms with E-state index in [9.17, 15) is 13.2 Å². The van der Waals surface area contributed by atoms with Crippen LogP contribution in [0, 0.1) is 5.92 Å². The summed E-state index contributed by atoms with van der Waals surface area (Å²) in [6, 6.07) is 13.1. The lowest BCUT2D eigenvalue weighted by molar-refractivity contribution is -0.118. The highest BCUT2D eigenvalue weighted by molar-refractivity contribution is 7.89. The van der Waals surface area contributed by atoms with Crippen molar-refractivity contribution in [1.29, 1.82) is 0 Å². The van der Waals surface area contributed by atoms with E-state index < -0.39 is 10.0 Å². The van der Waals surface area contributed by atoms with Crippen LogP contribution in [0.5, 0.6) is 0 Å². The van der Waals surface area contributed by atoms with E-state index in [0.717, 1.165) is 57.5 Å². The van der Waals surface area contributed by atoms with E-state index in [1.165, 1.54) is 5.56 Å². The molecule has 0 radical (unpaired) electrons. The molecule has 1 atom stereocenters. The van der Waals surface area contributed by atoms with Gasteiger partial charge in [-0.1, -0.05) is 45.0 Å². The number of piperazine rings is 1. The number of amides is 1. The van der Waals surface area contributed by atoms with Gasteiger partial charge >= 0.3 is 0 Å². The monoisotopic (exact) mass is 484 g/mol. The molecule has 0 aromatic heterocycles. The summed E-state index contributed by atoms with van der Waals surface area (Å²) in [6.45, 7) is 10.1. The van der Waals surface area contributed by atoms with Gasteiger partial charge in [0.15, 0.2) is 0 Å². The van der Waals surface area contributed by atoms with Gasteiger partial charge in [-0.3, -0.25) is 4.79 Å². The van der Waals surface area contributed by atoms with E-state index in [0.29, 0.717) is 11.4 Å². The summed E-state index contributed by atoms with van der Waals surface area (Å²) in [5.41, 5.74) is 3.45. The number of hydrogen-bond acceptors (Lipinski definition) is 5. The first kappa shape index (κ1) is 24.7. The molecule has 0 unspecified atom stereocenters. The number of carbonyl (C=O) groups excluding carboxylic acids is 1. The van der Waals surface area contributed by atoms with E-state index in [1.54, 1.807) is 12.1 Å². The first-order chi connectivity index (χ1) is 16.3. The van der Waals surface area contributed by atoms with Crippen LogP contribution in [0.25, 0.3) is 0 Å². The van der Waals surface area contributed by atoms with Gasteiger partial charge in [0.1, 0.15) is 4.90 Å². The fraction of sp³-hybridized carbons (Fsp3) is 0.500. The normalized spacial score (nSPS) is 19.2. The molecule has 2 aromatic carbocycles. The Labute approximate surface area is 203 Å². The quantitative estimate of drug-likeness (QED) is 0.625. The maximum Gasteiger partial charge on any atom is 0.243 e. The highest BCUT2D eigenvalue weighted by Gasteiger charge is 2.30. The van der Waals surface area contributed by atoms with Gasteiger partial charge < -0.3 is 15.1 Å². The standard InChI is InChI=1S/C26H36N4O3S/c1-4-29-14-16-30(17-15-29)24-13-12-21(27-26(31)19(2)3)18-25(24)34(32,33)28-23-11-7-9-20-8-5-6-10-22(20)23/h5-6,8,10,12-13,18-19,23,28H,4,7,9,11,14-17H2,1-3H3,(H,27,31)/t23-/m0/s1. The van der Waals surface area contributed by atoms with Gasteiger partial charge in [-0.05, 0) is 55.1 Å². The van der Waals surface area contributed by atoms with Crippen molar-refractivity contribution >= 4 is 27.3 Å². The molecule has 1 aliphatic carbocycles. The van der Waals surface area contributed by atoms with Gasteiger partial charge in [0.25, 0.3) is 0 Å². The first-order valence-corrected chi connectivity index (χ1v) is 13.8. The van der Waals surface area contributed by atoms with Crippen LogP contribution >= 0.6 is 0 Å². The minimum absolute atomic E-state index is 0.137. The number of anilines is 2. The Bertz CT molecular complexity index is 1120. The summed E-state index contributed by atoms with van der Waals surface area (Å²) in [5, 5.41) is 2.86. The molecule has 1 heterocycles. The van der Waals surface area contributed by atoms with Crippen molar-refractivity contribution in [2.24, 2.45) is 5.92 Å². The number of nitrogens with one attached hydrogen (secondary N) is 2. The van der Waals surface area contributed by atoms with Crippen LogP contribution < -0.4 is 14.9 Å². The SMILES string of the molecule is CCN1CCN(c2ccc(NC(=O)C(C)C)cc2S(=O)(=O)N[C@H]2CCCc3ccccc32)CC1. The van der Waals surface area contributed by atoms with Crippen LogP contribution in [-0.4, -0.2) is 51.9 Å². The van der Waals surface area contributed by atoms with E-state index >= 15 is 0 Å². The van der Waals surface area contributed by atoms with Crippen LogP contribution in [0.1, 0.15) is 50.8 Å². The van der Waals surface area contributed by atoms with Gasteiger partial charge in [0.05, 0.1) is 5.69 Å². The van der Waals surface area contributed by atoms with Crippen molar-refractivity contribution in [1.82, 2.24) is 9.62 Å². The molecule has 184 valence electrons. The number of benzene rings is 2. The van der Waals surface area contributed by atoms with E-state index in [2.05, 4.69) is 32.8 Å². The molecule has 0 saturated carbocycles. The van der Waals surface area contributed by atoms with Crippen molar-refractivity contribution in [2.45, 2.75) is 51.0 Å². The maximum atomic E-state index is 13.8. The predicted octanol–water partition coefficient (Wildman–Crippen LogP) is 3.78. The molecule has 1 fully saturated rings. The lowest BCUT2D eigenvalue weighted by Gasteiger charge is -2.36. The van der Waals surface area contributed by atoms with Gasteiger partial charge in [-0.25, -0.2) is 13.1 Å². The Morgan fingerprint density at radius 3 is 2.53 bits per heavy atom. The van der Waals surface area contributed by atoms with E-state index in [4.69, 9.17) is 0 Å². The molecule has 4 rings (SSSR count). The molecular formula is C26H36N4O3S. The highest BCUT2D eigenvalue weighted by atomic mass is 32.2. The number of carbonyl (C=O) groups is 1. The third-order valence-corrected chi connectivity index (χ3v) is 8.37. The second kappa shape index (κ2) is 10.5. The Hall–Kier alpha value is -2.42. The van der Waals surface area contributed by atoms with Crippen molar-refractivity contribution in [3.63, 3.8) is 0 Å². The Kier molecular flexibility index (Phi) is 7.60. The third-order valence-electron chi connectivity index (χ3n) is 6.87. The summed E-state index contributed by atoms with van der Waals surface area (Å²) in [6.07, 6.45) is 2.68. The third kappa shape index (κ3) is 5.45. The molecule has 1 aliphatic heterocycles. The Morgan fingerprint density at radius 1 is 1.09 bits per heavy atom. The zero-order chi connectivity index (χ0) is 24.3. The molecule has 2 N–H and O–H groups in total. The predicted molar refractivity (Wildman–Crippen MR) is 137 cm³/mol. The number of aryl methyl sites for hydroxylation is 1. The summed E-state index contributed by atoms with van der Waals surface area (Å²) >= 11 is 0. The van der Waals surface area contributed by atoms with Crippen LogP contribution in [0.4, 0.5) is 11.4 Å². The molecule has 7 nitrogen and oxygen atoms in total. The van der Waals surface area contributed by atoms with Crippen LogP contribution in [0.15, 0.2) is 47.4 Å². The molecule has 34 heavy (non-hydrogen) atoms. The van der Waals surface area contributed by atoms with Crippen LogP contribution in [-0.2, 0) is 21.2 Å². The molecule has 2 aliphatic rings. The van der Waals surface area contributed by atoms with E-state index in [1.807, 2.05) is 38.1 Å². The fourth-order valence-corrected chi connectivity index (χ4v) is 6.29. The van der Waals surface area contributed by atoms with Crippen molar-refractivity contribution < 1.29 is 13.2 Å². The minimum atomic E-state index is -3.84. The molecule has 8 heteroatoms. The first-order valence-electron chi connectivity index (χ1n) is 12.3. The lowest BCUT2D eigenvalue weighted by Crippen LogP contribution is -2.46. The van der Waals surface area contributed by atoms with Crippen molar-refractivity contribution in [3.05, 3.63) is 53.6 Å². The number of rotatable bonds is 7. The molecule has 0 bridgehead atoms. The maximum absolute atomic E-state index is 13.8. The minimum Gasteiger partial charge on any atom is -0.368 e. The van der Waals surface area contributed by atoms with Crippen LogP contribution in [0.2, 0.25) is 0 Å². The molecule has 1 saturated heterocycles. The number of fused-ring (bicyclic) bond motifs is 1. The summed E-state index contributed by atoms with van der Waals surface area (Å²) in [4.78, 5) is 17.0. The largest absolute Gasteiger partial charge is 0.368 e. The molecule has 2 aromatic rings. The molecule has 0 spiro atoms. The smallest absolute Gasteiger partial charge is 0.243 e. The number of sulfonamides is 1. The van der Waals surface area contributed by atoms with Crippen LogP contribution in [0.3, 0.4) is 0 Å². The zero-order valence-electron chi connectivity index (χ0n) is 20.4. The second-order valence-electron chi connectivity index (χ2n) is 9.51. The Balaban J connectivity index is 1.67. The van der Waals surface area contributed by atoms with Gasteiger partial charge in [-0.2, -0.15) is 0 Å². The Morgan fingerprint density at radius 2 is 1.82 bits per heavy atom. The van der Waals surface area contributed by atoms with Crippen molar-refractivity contribution in [2.75, 3.05) is 42.9 Å². The summed E-state index contributed by atoms with van der Waals surface area (Å²) < 4.78 is 30.6. The van der Waals surface area contributed by atoms with Crippen molar-refractivity contribution in [3.8, 4) is 0 Å². The lowest BCUT2D eigenvalue weighted by atomic mass is 9.88. The zero-order valence-corrected chi connectivity index (χ0v) is 21.2. The topological polar surface area (TPSA) is 81.8 Å². The molecule has 1 amide bonds. The molecular weight excluding hydrogens is 448 g/mol. The van der Waals surface area contributed by atoms with Gasteiger partial charge in [-0.15, -0.1) is 0 Å². The number of likely N-dealkylation sites (N-methyl/N-ethyl adjacent to an activating group) is 1. The average molecular weight is 485 g/mol. The van der Waals surface area contributed by atoms with E-state index in [-0.39, 0.29) is 22.8 Å². The number of nitrogens with zero attached hydrogens (tertiary/aromatic N) is 2. The van der Waals surface area contributed by atoms with Gasteiger partial charge in [0.2, 0.25) is 15.9 Å². The highest BCUT2D eigenvalue weighted by Crippen LogP contribution is 2.34. The summed E-state index contributed by atoms with van der Waals surface area (Å²) in [7, 11) is -3.84. The van der Waals surface area contributed by atoms with Gasteiger partial charge in [0, 0.05) is 43.8 Å². The summed E-state index contributed by atoms with van der Waals surface area (Å²) in [5.74, 6) is -0.333.